The van der Waals surface area contributed by atoms with E-state index in [2.05, 4.69) is 15.0 Å². The zero-order valence-corrected chi connectivity index (χ0v) is 14.7. The number of halogens is 1. The Hall–Kier alpha value is -2.52. The van der Waals surface area contributed by atoms with E-state index in [-0.39, 0.29) is 29.6 Å². The van der Waals surface area contributed by atoms with Crippen molar-refractivity contribution in [2.75, 3.05) is 13.1 Å². The summed E-state index contributed by atoms with van der Waals surface area (Å²) in [7, 11) is 0. The van der Waals surface area contributed by atoms with Gasteiger partial charge in [-0.1, -0.05) is 23.5 Å². The minimum absolute atomic E-state index is 0.00814. The van der Waals surface area contributed by atoms with Crippen molar-refractivity contribution in [3.63, 3.8) is 0 Å². The van der Waals surface area contributed by atoms with Crippen LogP contribution in [0.1, 0.15) is 29.3 Å². The maximum atomic E-state index is 13.9. The lowest BCUT2D eigenvalue weighted by molar-refractivity contribution is -0.123. The van der Waals surface area contributed by atoms with Gasteiger partial charge in [-0.3, -0.25) is 9.69 Å². The summed E-state index contributed by atoms with van der Waals surface area (Å²) >= 11 is 1.32. The Kier molecular flexibility index (Phi) is 4.33. The van der Waals surface area contributed by atoms with E-state index in [1.165, 1.54) is 34.3 Å². The molecule has 0 saturated carbocycles. The molecule has 3 N–H and O–H groups in total. The topological polar surface area (TPSA) is 96.8 Å². The number of nitrogens with zero attached hydrogens (tertiary/aromatic N) is 4. The number of benzene rings is 1. The van der Waals surface area contributed by atoms with E-state index in [4.69, 9.17) is 5.73 Å². The highest BCUT2D eigenvalue weighted by Gasteiger charge is 2.33. The minimum Gasteiger partial charge on any atom is -0.492 e. The molecule has 0 radical (unpaired) electrons. The zero-order chi connectivity index (χ0) is 18.3. The SMILES string of the molecule is NC(=O)C1CCN([C@H](c2cccc(F)c2)c2sc3ncnn3c2O)CC1. The van der Waals surface area contributed by atoms with Crippen LogP contribution in [0.4, 0.5) is 4.39 Å². The molecule has 0 bridgehead atoms. The van der Waals surface area contributed by atoms with Crippen molar-refractivity contribution in [2.45, 2.75) is 18.9 Å². The van der Waals surface area contributed by atoms with Gasteiger partial charge in [0.05, 0.1) is 10.9 Å². The number of aromatic nitrogens is 3. The highest BCUT2D eigenvalue weighted by Crippen LogP contribution is 2.41. The van der Waals surface area contributed by atoms with Crippen molar-refractivity contribution >= 4 is 22.2 Å². The van der Waals surface area contributed by atoms with Crippen LogP contribution in [0.3, 0.4) is 0 Å². The van der Waals surface area contributed by atoms with E-state index >= 15 is 0 Å². The van der Waals surface area contributed by atoms with Crippen LogP contribution >= 0.6 is 11.3 Å². The molecule has 3 aromatic rings. The Morgan fingerprint density at radius 2 is 2.15 bits per heavy atom. The zero-order valence-electron chi connectivity index (χ0n) is 13.9. The first-order chi connectivity index (χ1) is 12.5. The van der Waals surface area contributed by atoms with E-state index in [1.807, 2.05) is 6.07 Å². The molecule has 1 amide bonds. The number of hydrogen-bond acceptors (Lipinski definition) is 6. The van der Waals surface area contributed by atoms with Gasteiger partial charge in [-0.15, -0.1) is 0 Å². The number of aromatic hydroxyl groups is 1. The number of carbonyl (C=O) groups excluding carboxylic acids is 1. The van der Waals surface area contributed by atoms with Crippen molar-refractivity contribution < 1.29 is 14.3 Å². The molecule has 4 rings (SSSR count). The van der Waals surface area contributed by atoms with Gasteiger partial charge in [0.2, 0.25) is 16.7 Å². The molecule has 1 aliphatic rings. The van der Waals surface area contributed by atoms with E-state index < -0.39 is 0 Å². The normalized spacial score (nSPS) is 17.6. The monoisotopic (exact) mass is 375 g/mol. The van der Waals surface area contributed by atoms with Gasteiger partial charge < -0.3 is 10.8 Å². The van der Waals surface area contributed by atoms with Crippen LogP contribution in [0.25, 0.3) is 4.96 Å². The Bertz CT molecular complexity index is 948. The summed E-state index contributed by atoms with van der Waals surface area (Å²) in [5, 5.41) is 14.7. The molecule has 1 aliphatic heterocycles. The van der Waals surface area contributed by atoms with Crippen LogP contribution in [0.2, 0.25) is 0 Å². The number of likely N-dealkylation sites (tertiary alicyclic amines) is 1. The summed E-state index contributed by atoms with van der Waals surface area (Å²) in [5.74, 6) is -0.754. The Morgan fingerprint density at radius 3 is 2.81 bits per heavy atom. The number of primary amides is 1. The highest BCUT2D eigenvalue weighted by atomic mass is 32.1. The summed E-state index contributed by atoms with van der Waals surface area (Å²) < 4.78 is 15.2. The smallest absolute Gasteiger partial charge is 0.230 e. The number of hydrogen-bond donors (Lipinski definition) is 2. The second-order valence-corrected chi connectivity index (χ2v) is 7.42. The fraction of sp³-hybridized carbons (Fsp3) is 0.353. The number of piperidine rings is 1. The Morgan fingerprint density at radius 1 is 1.38 bits per heavy atom. The van der Waals surface area contributed by atoms with Gasteiger partial charge in [-0.05, 0) is 43.6 Å². The van der Waals surface area contributed by atoms with Gasteiger partial charge in [-0.2, -0.15) is 9.61 Å². The fourth-order valence-corrected chi connectivity index (χ4v) is 4.61. The van der Waals surface area contributed by atoms with E-state index in [9.17, 15) is 14.3 Å². The third-order valence-corrected chi connectivity index (χ3v) is 5.94. The molecule has 1 aromatic carbocycles. The van der Waals surface area contributed by atoms with Crippen LogP contribution in [0.5, 0.6) is 5.88 Å². The minimum atomic E-state index is -0.340. The number of rotatable bonds is 4. The lowest BCUT2D eigenvalue weighted by atomic mass is 9.93. The standard InChI is InChI=1S/C17H18FN5O2S/c18-12-3-1-2-11(8-12)13(22-6-4-10(5-7-22)15(19)24)14-16(25)23-17(26-14)20-9-21-23/h1-3,8-10,13,25H,4-7H2,(H2,19,24)/t13-/m1/s1. The average Bonchev–Trinajstić information content (AvgIpc) is 3.20. The number of carbonyl (C=O) groups is 1. The van der Waals surface area contributed by atoms with E-state index in [1.54, 1.807) is 6.07 Å². The highest BCUT2D eigenvalue weighted by molar-refractivity contribution is 7.17. The molecule has 1 saturated heterocycles. The predicted octanol–water partition coefficient (Wildman–Crippen LogP) is 1.92. The van der Waals surface area contributed by atoms with Gasteiger partial charge in [0, 0.05) is 5.92 Å². The largest absolute Gasteiger partial charge is 0.492 e. The molecule has 3 heterocycles. The fourth-order valence-electron chi connectivity index (χ4n) is 3.52. The van der Waals surface area contributed by atoms with Gasteiger partial charge >= 0.3 is 0 Å². The molecule has 0 aliphatic carbocycles. The lowest BCUT2D eigenvalue weighted by Crippen LogP contribution is -2.40. The second kappa shape index (κ2) is 6.65. The maximum absolute atomic E-state index is 13.9. The van der Waals surface area contributed by atoms with Gasteiger partial charge in [0.15, 0.2) is 0 Å². The molecule has 9 heteroatoms. The average molecular weight is 375 g/mol. The predicted molar refractivity (Wildman–Crippen MR) is 94.3 cm³/mol. The van der Waals surface area contributed by atoms with Crippen molar-refractivity contribution in [3.8, 4) is 5.88 Å². The number of fused-ring (bicyclic) bond motifs is 1. The van der Waals surface area contributed by atoms with Gasteiger partial charge in [0.25, 0.3) is 0 Å². The van der Waals surface area contributed by atoms with Gasteiger partial charge in [-0.25, -0.2) is 9.37 Å². The molecule has 1 fully saturated rings. The third-order valence-electron chi connectivity index (χ3n) is 4.85. The van der Waals surface area contributed by atoms with Crippen LogP contribution in [0, 0.1) is 11.7 Å². The summed E-state index contributed by atoms with van der Waals surface area (Å²) in [6.07, 6.45) is 2.66. The van der Waals surface area contributed by atoms with Crippen molar-refractivity contribution in [1.82, 2.24) is 19.5 Å². The van der Waals surface area contributed by atoms with Crippen molar-refractivity contribution in [3.05, 3.63) is 46.9 Å². The summed E-state index contributed by atoms with van der Waals surface area (Å²) in [6, 6.07) is 6.02. The van der Waals surface area contributed by atoms with Crippen LogP contribution in [-0.4, -0.2) is 43.6 Å². The summed E-state index contributed by atoms with van der Waals surface area (Å²) in [4.78, 5) is 18.9. The molecule has 0 spiro atoms. The number of nitrogens with two attached hydrogens (primary N) is 1. The van der Waals surface area contributed by atoms with Crippen LogP contribution in [0.15, 0.2) is 30.6 Å². The Labute approximate surface area is 152 Å². The number of thiazole rings is 1. The molecular formula is C17H18FN5O2S. The van der Waals surface area contributed by atoms with E-state index in [0.29, 0.717) is 35.8 Å². The maximum Gasteiger partial charge on any atom is 0.230 e. The molecule has 26 heavy (non-hydrogen) atoms. The molecule has 1 atom stereocenters. The molecular weight excluding hydrogens is 357 g/mol. The molecule has 7 nitrogen and oxygen atoms in total. The first-order valence-electron chi connectivity index (χ1n) is 8.35. The summed E-state index contributed by atoms with van der Waals surface area (Å²) in [6.45, 7) is 1.25. The second-order valence-electron chi connectivity index (χ2n) is 6.41. The first-order valence-corrected chi connectivity index (χ1v) is 9.16. The van der Waals surface area contributed by atoms with Gasteiger partial charge in [0.1, 0.15) is 12.1 Å². The quantitative estimate of drug-likeness (QED) is 0.726. The number of amides is 1. The molecule has 2 aromatic heterocycles. The van der Waals surface area contributed by atoms with Crippen LogP contribution in [-0.2, 0) is 4.79 Å². The van der Waals surface area contributed by atoms with Crippen molar-refractivity contribution in [2.24, 2.45) is 11.7 Å². The van der Waals surface area contributed by atoms with E-state index in [0.717, 1.165) is 5.56 Å². The van der Waals surface area contributed by atoms with Crippen molar-refractivity contribution in [1.29, 1.82) is 0 Å². The third kappa shape index (κ3) is 2.93. The molecule has 0 unspecified atom stereocenters. The van der Waals surface area contributed by atoms with Crippen LogP contribution < -0.4 is 5.73 Å². The first kappa shape index (κ1) is 16.9. The Balaban J connectivity index is 1.74. The summed E-state index contributed by atoms with van der Waals surface area (Å²) in [5.41, 5.74) is 6.17. The lowest BCUT2D eigenvalue weighted by Gasteiger charge is -2.36. The molecule has 136 valence electrons.